The molecule has 1 amide bonds. The highest BCUT2D eigenvalue weighted by Crippen LogP contribution is 2.17. The van der Waals surface area contributed by atoms with Crippen LogP contribution in [0.1, 0.15) is 22.5 Å². The highest BCUT2D eigenvalue weighted by Gasteiger charge is 2.29. The summed E-state index contributed by atoms with van der Waals surface area (Å²) >= 11 is 0. The van der Waals surface area contributed by atoms with Crippen molar-refractivity contribution < 1.29 is 13.2 Å². The summed E-state index contributed by atoms with van der Waals surface area (Å²) in [5.41, 5.74) is 3.59. The number of amides is 1. The number of carbonyl (C=O) groups excluding carboxylic acids is 1. The second kappa shape index (κ2) is 7.82. The molecule has 7 nitrogen and oxygen atoms in total. The van der Waals surface area contributed by atoms with Crippen molar-refractivity contribution in [3.63, 3.8) is 0 Å². The number of sulfonamides is 1. The van der Waals surface area contributed by atoms with Gasteiger partial charge >= 0.3 is 0 Å². The van der Waals surface area contributed by atoms with Crippen LogP contribution < -0.4 is 0 Å². The zero-order valence-corrected chi connectivity index (χ0v) is 16.9. The van der Waals surface area contributed by atoms with E-state index in [1.54, 1.807) is 9.58 Å². The number of piperazine rings is 1. The second-order valence-corrected chi connectivity index (χ2v) is 8.94. The van der Waals surface area contributed by atoms with E-state index in [1.165, 1.54) is 4.31 Å². The van der Waals surface area contributed by atoms with Gasteiger partial charge in [0.2, 0.25) is 15.9 Å². The summed E-state index contributed by atoms with van der Waals surface area (Å²) in [4.78, 5) is 14.4. The Morgan fingerprint density at radius 1 is 1.07 bits per heavy atom. The first kappa shape index (κ1) is 19.6. The van der Waals surface area contributed by atoms with E-state index in [1.807, 2.05) is 51.2 Å². The molecule has 0 unspecified atom stereocenters. The van der Waals surface area contributed by atoms with Crippen molar-refractivity contribution in [3.05, 3.63) is 52.8 Å². The zero-order chi connectivity index (χ0) is 19.6. The summed E-state index contributed by atoms with van der Waals surface area (Å²) in [6.45, 7) is 5.38. The van der Waals surface area contributed by atoms with Crippen LogP contribution in [0.5, 0.6) is 0 Å². The number of carbonyl (C=O) groups is 1. The van der Waals surface area contributed by atoms with Gasteiger partial charge in [-0.1, -0.05) is 30.3 Å². The van der Waals surface area contributed by atoms with Gasteiger partial charge in [0, 0.05) is 44.5 Å². The van der Waals surface area contributed by atoms with Crippen molar-refractivity contribution in [1.82, 2.24) is 19.0 Å². The summed E-state index contributed by atoms with van der Waals surface area (Å²) in [5.74, 6) is 0.0184. The van der Waals surface area contributed by atoms with Crippen LogP contribution in [0.15, 0.2) is 30.3 Å². The van der Waals surface area contributed by atoms with Crippen LogP contribution >= 0.6 is 0 Å². The van der Waals surface area contributed by atoms with Gasteiger partial charge in [-0.15, -0.1) is 0 Å². The average Bonchev–Trinajstić information content (AvgIpc) is 2.88. The highest BCUT2D eigenvalue weighted by molar-refractivity contribution is 7.88. The molecule has 1 saturated heterocycles. The Labute approximate surface area is 160 Å². The van der Waals surface area contributed by atoms with E-state index in [0.717, 1.165) is 22.5 Å². The summed E-state index contributed by atoms with van der Waals surface area (Å²) in [6.07, 6.45) is 0.308. The summed E-state index contributed by atoms with van der Waals surface area (Å²) in [6, 6.07) is 9.17. The molecule has 27 heavy (non-hydrogen) atoms. The number of nitrogens with zero attached hydrogens (tertiary/aromatic N) is 4. The van der Waals surface area contributed by atoms with Crippen LogP contribution in [0.25, 0.3) is 0 Å². The van der Waals surface area contributed by atoms with E-state index < -0.39 is 10.0 Å². The zero-order valence-electron chi connectivity index (χ0n) is 16.1. The molecule has 0 spiro atoms. The molecule has 2 heterocycles. The van der Waals surface area contributed by atoms with Crippen molar-refractivity contribution in [1.29, 1.82) is 0 Å². The third-order valence-corrected chi connectivity index (χ3v) is 7.01. The Hall–Kier alpha value is -2.19. The Morgan fingerprint density at radius 2 is 1.70 bits per heavy atom. The fourth-order valence-electron chi connectivity index (χ4n) is 3.43. The lowest BCUT2D eigenvalue weighted by Gasteiger charge is -2.34. The van der Waals surface area contributed by atoms with Gasteiger partial charge in [0.15, 0.2) is 0 Å². The lowest BCUT2D eigenvalue weighted by Crippen LogP contribution is -2.51. The van der Waals surface area contributed by atoms with Gasteiger partial charge in [-0.3, -0.25) is 9.48 Å². The molecule has 0 saturated carbocycles. The average molecular weight is 391 g/mol. The first-order chi connectivity index (χ1) is 12.8. The smallest absolute Gasteiger partial charge is 0.227 e. The maximum atomic E-state index is 12.6. The standard InChI is InChI=1S/C19H26N4O3S/c1-15-18(16(2)21(3)20-15)13-19(24)22-9-11-23(12-10-22)27(25,26)14-17-7-5-4-6-8-17/h4-8H,9-14H2,1-3H3. The van der Waals surface area contributed by atoms with Crippen LogP contribution in [0.4, 0.5) is 0 Å². The minimum absolute atomic E-state index is 0.00411. The maximum absolute atomic E-state index is 12.6. The monoisotopic (exact) mass is 390 g/mol. The molecule has 0 N–H and O–H groups in total. The van der Waals surface area contributed by atoms with E-state index in [2.05, 4.69) is 5.10 Å². The summed E-state index contributed by atoms with van der Waals surface area (Å²) in [5, 5.41) is 4.35. The topological polar surface area (TPSA) is 75.5 Å². The molecular weight excluding hydrogens is 364 g/mol. The molecular formula is C19H26N4O3S. The van der Waals surface area contributed by atoms with Crippen LogP contribution in [-0.4, -0.2) is 59.5 Å². The lowest BCUT2D eigenvalue weighted by atomic mass is 10.1. The molecule has 0 bridgehead atoms. The SMILES string of the molecule is Cc1nn(C)c(C)c1CC(=O)N1CCN(S(=O)(=O)Cc2ccccc2)CC1. The number of rotatable bonds is 5. The van der Waals surface area contributed by atoms with E-state index in [4.69, 9.17) is 0 Å². The molecule has 1 aliphatic rings. The third kappa shape index (κ3) is 4.39. The minimum atomic E-state index is -3.37. The van der Waals surface area contributed by atoms with E-state index >= 15 is 0 Å². The van der Waals surface area contributed by atoms with Crippen LogP contribution in [0, 0.1) is 13.8 Å². The number of hydrogen-bond acceptors (Lipinski definition) is 4. The molecule has 1 aromatic carbocycles. The van der Waals surface area contributed by atoms with Gasteiger partial charge in [-0.05, 0) is 19.4 Å². The van der Waals surface area contributed by atoms with Crippen molar-refractivity contribution in [2.24, 2.45) is 7.05 Å². The molecule has 1 aromatic heterocycles. The Balaban J connectivity index is 1.59. The van der Waals surface area contributed by atoms with Gasteiger partial charge in [-0.25, -0.2) is 8.42 Å². The normalized spacial score (nSPS) is 15.9. The predicted molar refractivity (Wildman–Crippen MR) is 104 cm³/mol. The van der Waals surface area contributed by atoms with Crippen molar-refractivity contribution in [3.8, 4) is 0 Å². The number of aromatic nitrogens is 2. The predicted octanol–water partition coefficient (Wildman–Crippen LogP) is 1.25. The molecule has 0 radical (unpaired) electrons. The fraction of sp³-hybridized carbons (Fsp3) is 0.474. The van der Waals surface area contributed by atoms with Gasteiger partial charge in [0.05, 0.1) is 17.9 Å². The molecule has 2 aromatic rings. The Morgan fingerprint density at radius 3 is 2.26 bits per heavy atom. The fourth-order valence-corrected chi connectivity index (χ4v) is 4.94. The van der Waals surface area contributed by atoms with Gasteiger partial charge in [0.1, 0.15) is 0 Å². The Kier molecular flexibility index (Phi) is 5.67. The summed E-state index contributed by atoms with van der Waals surface area (Å²) < 4.78 is 28.5. The summed E-state index contributed by atoms with van der Waals surface area (Å²) in [7, 11) is -1.50. The van der Waals surface area contributed by atoms with Crippen molar-refractivity contribution in [2.75, 3.05) is 26.2 Å². The van der Waals surface area contributed by atoms with Crippen LogP contribution in [0.3, 0.4) is 0 Å². The molecule has 3 rings (SSSR count). The largest absolute Gasteiger partial charge is 0.340 e. The third-order valence-electron chi connectivity index (χ3n) is 5.16. The maximum Gasteiger partial charge on any atom is 0.227 e. The number of hydrogen-bond donors (Lipinski definition) is 0. The number of benzene rings is 1. The van der Waals surface area contributed by atoms with E-state index in [9.17, 15) is 13.2 Å². The van der Waals surface area contributed by atoms with Crippen molar-refractivity contribution in [2.45, 2.75) is 26.0 Å². The van der Waals surface area contributed by atoms with E-state index in [0.29, 0.717) is 32.6 Å². The van der Waals surface area contributed by atoms with Crippen molar-refractivity contribution >= 4 is 15.9 Å². The molecule has 1 aliphatic heterocycles. The van der Waals surface area contributed by atoms with Crippen LogP contribution in [-0.2, 0) is 34.0 Å². The number of aryl methyl sites for hydroxylation is 2. The lowest BCUT2D eigenvalue weighted by molar-refractivity contribution is -0.131. The highest BCUT2D eigenvalue weighted by atomic mass is 32.2. The minimum Gasteiger partial charge on any atom is -0.340 e. The molecule has 0 atom stereocenters. The van der Waals surface area contributed by atoms with Gasteiger partial charge < -0.3 is 4.90 Å². The van der Waals surface area contributed by atoms with E-state index in [-0.39, 0.29) is 11.7 Å². The molecule has 0 aliphatic carbocycles. The van der Waals surface area contributed by atoms with Gasteiger partial charge in [0.25, 0.3) is 0 Å². The molecule has 146 valence electrons. The first-order valence-electron chi connectivity index (χ1n) is 9.06. The molecule has 8 heteroatoms. The Bertz CT molecular complexity index is 914. The quantitative estimate of drug-likeness (QED) is 0.770. The van der Waals surface area contributed by atoms with Gasteiger partial charge in [-0.2, -0.15) is 9.40 Å². The van der Waals surface area contributed by atoms with Crippen LogP contribution in [0.2, 0.25) is 0 Å². The second-order valence-electron chi connectivity index (χ2n) is 6.97. The first-order valence-corrected chi connectivity index (χ1v) is 10.7. The molecule has 1 fully saturated rings.